The molecule has 0 aliphatic carbocycles. The van der Waals surface area contributed by atoms with Crippen molar-refractivity contribution >= 4 is 40.1 Å². The molecule has 0 spiro atoms. The summed E-state index contributed by atoms with van der Waals surface area (Å²) in [6.07, 6.45) is 0.742. The molecule has 0 radical (unpaired) electrons. The van der Waals surface area contributed by atoms with Gasteiger partial charge in [0.2, 0.25) is 5.76 Å². The first kappa shape index (κ1) is 21.7. The zero-order chi connectivity index (χ0) is 22.3. The van der Waals surface area contributed by atoms with Crippen LogP contribution in [0, 0.1) is 0 Å². The molecule has 1 amide bonds. The molecular weight excluding hydrogens is 439 g/mol. The first-order chi connectivity index (χ1) is 14.8. The Balaban J connectivity index is 1.89. The number of methoxy groups -OCH3 is 1. The van der Waals surface area contributed by atoms with Crippen molar-refractivity contribution in [2.45, 2.75) is 12.5 Å². The van der Waals surface area contributed by atoms with Crippen LogP contribution in [0.1, 0.15) is 34.1 Å². The second-order valence-electron chi connectivity index (χ2n) is 7.77. The number of rotatable bonds is 6. The molecule has 0 bridgehead atoms. The summed E-state index contributed by atoms with van der Waals surface area (Å²) >= 11 is 12.4. The molecule has 2 heterocycles. The number of fused-ring (bicyclic) bond motifs is 2. The number of hydrogen-bond donors (Lipinski definition) is 0. The van der Waals surface area contributed by atoms with Gasteiger partial charge in [-0.2, -0.15) is 0 Å². The van der Waals surface area contributed by atoms with Crippen LogP contribution in [0.5, 0.6) is 5.75 Å². The summed E-state index contributed by atoms with van der Waals surface area (Å²) in [7, 11) is 5.48. The largest absolute Gasteiger partial charge is 0.497 e. The Bertz CT molecular complexity index is 1220. The molecule has 6 nitrogen and oxygen atoms in total. The molecule has 1 aromatic heterocycles. The zero-order valence-electron chi connectivity index (χ0n) is 17.4. The van der Waals surface area contributed by atoms with Gasteiger partial charge in [-0.05, 0) is 56.9 Å². The summed E-state index contributed by atoms with van der Waals surface area (Å²) in [6, 6.07) is 9.55. The normalized spacial score (nSPS) is 15.7. The van der Waals surface area contributed by atoms with Gasteiger partial charge in [-0.25, -0.2) is 0 Å². The van der Waals surface area contributed by atoms with Crippen LogP contribution in [0.4, 0.5) is 0 Å². The molecule has 2 aromatic carbocycles. The summed E-state index contributed by atoms with van der Waals surface area (Å²) in [5, 5.41) is 1.17. The van der Waals surface area contributed by atoms with Gasteiger partial charge in [-0.1, -0.05) is 29.3 Å². The topological polar surface area (TPSA) is 63.0 Å². The molecule has 1 aliphatic rings. The molecule has 0 saturated carbocycles. The Morgan fingerprint density at radius 3 is 2.55 bits per heavy atom. The van der Waals surface area contributed by atoms with Gasteiger partial charge in [0, 0.05) is 12.6 Å². The molecule has 0 unspecified atom stereocenters. The van der Waals surface area contributed by atoms with E-state index in [9.17, 15) is 9.59 Å². The van der Waals surface area contributed by atoms with E-state index in [1.165, 1.54) is 7.11 Å². The van der Waals surface area contributed by atoms with Crippen LogP contribution >= 0.6 is 23.2 Å². The summed E-state index contributed by atoms with van der Waals surface area (Å²) < 4.78 is 11.2. The number of carbonyl (C=O) groups is 1. The third-order valence-electron chi connectivity index (χ3n) is 5.44. The highest BCUT2D eigenvalue weighted by Crippen LogP contribution is 2.40. The third-order valence-corrected chi connectivity index (χ3v) is 6.18. The minimum Gasteiger partial charge on any atom is -0.497 e. The van der Waals surface area contributed by atoms with Gasteiger partial charge in [0.15, 0.2) is 5.43 Å². The fraction of sp³-hybridized carbons (Fsp3) is 0.304. The first-order valence-corrected chi connectivity index (χ1v) is 10.6. The van der Waals surface area contributed by atoms with E-state index in [1.54, 1.807) is 41.3 Å². The van der Waals surface area contributed by atoms with E-state index in [0.717, 1.165) is 13.0 Å². The lowest BCUT2D eigenvalue weighted by Gasteiger charge is -2.26. The highest BCUT2D eigenvalue weighted by atomic mass is 35.5. The predicted molar refractivity (Wildman–Crippen MR) is 122 cm³/mol. The fourth-order valence-electron chi connectivity index (χ4n) is 3.94. The summed E-state index contributed by atoms with van der Waals surface area (Å²) in [4.78, 5) is 30.6. The molecule has 1 aliphatic heterocycles. The molecule has 31 heavy (non-hydrogen) atoms. The number of hydrogen-bond acceptors (Lipinski definition) is 5. The standard InChI is InChI=1S/C23H22Cl2N2O4/c1-26(2)9-4-10-27-20(13-5-8-16(24)17(25)11-13)19-21(28)15-7-6-14(30-3)12-18(15)31-22(19)23(27)29/h5-8,11-12,20H,4,9-10H2,1-3H3/t20-/m1/s1. The number of nitrogens with zero attached hydrogens (tertiary/aromatic N) is 2. The van der Waals surface area contributed by atoms with Crippen molar-refractivity contribution in [2.75, 3.05) is 34.3 Å². The zero-order valence-corrected chi connectivity index (χ0v) is 19.0. The third kappa shape index (κ3) is 3.91. The van der Waals surface area contributed by atoms with Crippen LogP contribution < -0.4 is 10.2 Å². The van der Waals surface area contributed by atoms with E-state index in [0.29, 0.717) is 44.4 Å². The summed E-state index contributed by atoms with van der Waals surface area (Å²) in [5.74, 6) is 0.295. The summed E-state index contributed by atoms with van der Waals surface area (Å²) in [6.45, 7) is 1.26. The maximum absolute atomic E-state index is 13.5. The molecule has 4 rings (SSSR count). The smallest absolute Gasteiger partial charge is 0.290 e. The average molecular weight is 461 g/mol. The van der Waals surface area contributed by atoms with Gasteiger partial charge in [0.25, 0.3) is 5.91 Å². The molecule has 0 fully saturated rings. The average Bonchev–Trinajstić information content (AvgIpc) is 3.02. The molecule has 0 saturated heterocycles. The minimum absolute atomic E-state index is 0.0617. The number of carbonyl (C=O) groups excluding carboxylic acids is 1. The minimum atomic E-state index is -0.595. The molecule has 1 atom stereocenters. The molecule has 3 aromatic rings. The van der Waals surface area contributed by atoms with Crippen LogP contribution in [0.3, 0.4) is 0 Å². The highest BCUT2D eigenvalue weighted by molar-refractivity contribution is 6.42. The SMILES string of the molecule is COc1ccc2c(=O)c3c(oc2c1)C(=O)N(CCCN(C)C)[C@@H]3c1ccc(Cl)c(Cl)c1. The van der Waals surface area contributed by atoms with Crippen molar-refractivity contribution in [2.24, 2.45) is 0 Å². The van der Waals surface area contributed by atoms with Gasteiger partial charge in [0.05, 0.1) is 34.1 Å². The molecule has 162 valence electrons. The second kappa shape index (κ2) is 8.54. The van der Waals surface area contributed by atoms with Gasteiger partial charge < -0.3 is 19.0 Å². The maximum atomic E-state index is 13.5. The van der Waals surface area contributed by atoms with Crippen LogP contribution in [0.15, 0.2) is 45.6 Å². The van der Waals surface area contributed by atoms with E-state index >= 15 is 0 Å². The van der Waals surface area contributed by atoms with Crippen molar-refractivity contribution in [3.8, 4) is 5.75 Å². The predicted octanol–water partition coefficient (Wildman–Crippen LogP) is 4.61. The number of halogens is 2. The van der Waals surface area contributed by atoms with E-state index in [-0.39, 0.29) is 17.1 Å². The number of amides is 1. The monoisotopic (exact) mass is 460 g/mol. The lowest BCUT2D eigenvalue weighted by molar-refractivity contribution is 0.0722. The Morgan fingerprint density at radius 1 is 1.10 bits per heavy atom. The maximum Gasteiger partial charge on any atom is 0.290 e. The quantitative estimate of drug-likeness (QED) is 0.537. The lowest BCUT2D eigenvalue weighted by Crippen LogP contribution is -2.32. The van der Waals surface area contributed by atoms with Crippen LogP contribution in [0.25, 0.3) is 11.0 Å². The van der Waals surface area contributed by atoms with Crippen molar-refractivity contribution in [1.82, 2.24) is 9.80 Å². The van der Waals surface area contributed by atoms with Gasteiger partial charge >= 0.3 is 0 Å². The second-order valence-corrected chi connectivity index (χ2v) is 8.58. The number of ether oxygens (including phenoxy) is 1. The van der Waals surface area contributed by atoms with E-state index in [4.69, 9.17) is 32.4 Å². The van der Waals surface area contributed by atoms with Crippen molar-refractivity contribution in [3.63, 3.8) is 0 Å². The van der Waals surface area contributed by atoms with E-state index in [1.807, 2.05) is 19.0 Å². The highest BCUT2D eigenvalue weighted by Gasteiger charge is 2.42. The summed E-state index contributed by atoms with van der Waals surface area (Å²) in [5.41, 5.74) is 1.12. The van der Waals surface area contributed by atoms with Crippen molar-refractivity contribution < 1.29 is 13.9 Å². The number of benzene rings is 2. The van der Waals surface area contributed by atoms with Crippen molar-refractivity contribution in [3.05, 3.63) is 73.6 Å². The Morgan fingerprint density at radius 2 is 1.87 bits per heavy atom. The first-order valence-electron chi connectivity index (χ1n) is 9.87. The molecule has 0 N–H and O–H groups in total. The van der Waals surface area contributed by atoms with E-state index in [2.05, 4.69) is 0 Å². The van der Waals surface area contributed by atoms with Crippen LogP contribution in [-0.4, -0.2) is 50.0 Å². The Labute approximate surface area is 189 Å². The Hall–Kier alpha value is -2.54. The fourth-order valence-corrected chi connectivity index (χ4v) is 4.25. The molecular formula is C23H22Cl2N2O4. The van der Waals surface area contributed by atoms with Gasteiger partial charge in [0.1, 0.15) is 11.3 Å². The van der Waals surface area contributed by atoms with Crippen LogP contribution in [0.2, 0.25) is 10.0 Å². The van der Waals surface area contributed by atoms with Crippen LogP contribution in [-0.2, 0) is 0 Å². The van der Waals surface area contributed by atoms with Gasteiger partial charge in [-0.15, -0.1) is 0 Å². The molecule has 8 heteroatoms. The Kier molecular flexibility index (Phi) is 5.97. The van der Waals surface area contributed by atoms with Gasteiger partial charge in [-0.3, -0.25) is 9.59 Å². The lowest BCUT2D eigenvalue weighted by atomic mass is 9.98. The van der Waals surface area contributed by atoms with Crippen molar-refractivity contribution in [1.29, 1.82) is 0 Å². The van der Waals surface area contributed by atoms with E-state index < -0.39 is 6.04 Å².